The van der Waals surface area contributed by atoms with Crippen LogP contribution in [0.2, 0.25) is 0 Å². The van der Waals surface area contributed by atoms with Crippen LogP contribution in [0.25, 0.3) is 10.8 Å². The van der Waals surface area contributed by atoms with Gasteiger partial charge in [-0.05, 0) is 42.0 Å². The van der Waals surface area contributed by atoms with Gasteiger partial charge in [0.15, 0.2) is 0 Å². The molecular weight excluding hydrogens is 391 g/mol. The van der Waals surface area contributed by atoms with E-state index in [4.69, 9.17) is 34.8 Å². The van der Waals surface area contributed by atoms with Crippen LogP contribution in [0.1, 0.15) is 15.9 Å². The third-order valence-corrected chi connectivity index (χ3v) is 4.60. The molecule has 0 unspecified atom stereocenters. The van der Waals surface area contributed by atoms with Crippen molar-refractivity contribution in [3.05, 3.63) is 77.9 Å². The Bertz CT molecular complexity index is 937. The number of anilines is 1. The summed E-state index contributed by atoms with van der Waals surface area (Å²) in [6, 6.07) is 21.0. The Kier molecular flexibility index (Phi) is 5.61. The molecule has 0 saturated heterocycles. The van der Waals surface area contributed by atoms with Crippen LogP contribution in [0.5, 0.6) is 0 Å². The molecule has 1 amide bonds. The number of amides is 1. The Hall–Kier alpha value is -1.94. The van der Waals surface area contributed by atoms with E-state index in [1.807, 2.05) is 61.5 Å². The van der Waals surface area contributed by atoms with Crippen molar-refractivity contribution < 1.29 is 4.79 Å². The number of fused-ring (bicyclic) bond motifs is 1. The number of halogens is 3. The van der Waals surface area contributed by atoms with Crippen LogP contribution in [0.3, 0.4) is 0 Å². The molecule has 3 aromatic carbocycles. The molecule has 0 aromatic heterocycles. The van der Waals surface area contributed by atoms with E-state index in [9.17, 15) is 4.79 Å². The maximum atomic E-state index is 12.5. The topological polar surface area (TPSA) is 41.1 Å². The van der Waals surface area contributed by atoms with E-state index in [1.165, 1.54) is 0 Å². The number of benzene rings is 3. The molecule has 0 aliphatic heterocycles. The van der Waals surface area contributed by atoms with Gasteiger partial charge < -0.3 is 10.6 Å². The minimum atomic E-state index is -1.73. The first-order valence-electron chi connectivity index (χ1n) is 8.02. The summed E-state index contributed by atoms with van der Waals surface area (Å²) in [6.45, 7) is 1.91. The summed E-state index contributed by atoms with van der Waals surface area (Å²) in [6.07, 6.45) is -0.901. The molecule has 0 fully saturated rings. The van der Waals surface area contributed by atoms with Gasteiger partial charge in [-0.25, -0.2) is 0 Å². The summed E-state index contributed by atoms with van der Waals surface area (Å²) in [5.74, 6) is -0.321. The van der Waals surface area contributed by atoms with E-state index in [0.29, 0.717) is 5.56 Å². The number of alkyl halides is 3. The van der Waals surface area contributed by atoms with Gasteiger partial charge in [0.2, 0.25) is 3.79 Å². The van der Waals surface area contributed by atoms with Crippen LogP contribution < -0.4 is 10.6 Å². The highest BCUT2D eigenvalue weighted by Gasteiger charge is 2.34. The first kappa shape index (κ1) is 18.8. The van der Waals surface area contributed by atoms with Gasteiger partial charge >= 0.3 is 0 Å². The molecule has 0 saturated carbocycles. The van der Waals surface area contributed by atoms with Crippen LogP contribution in [0.4, 0.5) is 5.69 Å². The minimum Gasteiger partial charge on any atom is -0.362 e. The molecule has 0 spiro atoms. The Morgan fingerprint density at radius 3 is 2.35 bits per heavy atom. The van der Waals surface area contributed by atoms with Crippen molar-refractivity contribution in [2.45, 2.75) is 16.9 Å². The SMILES string of the molecule is Cc1cccc(C(=O)N[C@@H](Nc2ccc3ccccc3c2)C(Cl)(Cl)Cl)c1. The van der Waals surface area contributed by atoms with E-state index in [1.54, 1.807) is 12.1 Å². The fourth-order valence-corrected chi connectivity index (χ4v) is 2.97. The summed E-state index contributed by atoms with van der Waals surface area (Å²) in [7, 11) is 0. The zero-order valence-electron chi connectivity index (χ0n) is 14.0. The molecule has 0 bridgehead atoms. The molecule has 2 N–H and O–H groups in total. The lowest BCUT2D eigenvalue weighted by Gasteiger charge is -2.27. The zero-order valence-corrected chi connectivity index (χ0v) is 16.2. The number of carbonyl (C=O) groups excluding carboxylic acids is 1. The summed E-state index contributed by atoms with van der Waals surface area (Å²) in [4.78, 5) is 12.5. The number of hydrogen-bond donors (Lipinski definition) is 2. The van der Waals surface area contributed by atoms with Crippen LogP contribution in [0.15, 0.2) is 66.7 Å². The minimum absolute atomic E-state index is 0.321. The summed E-state index contributed by atoms with van der Waals surface area (Å²) in [5, 5.41) is 8.00. The fraction of sp³-hybridized carbons (Fsp3) is 0.150. The number of rotatable bonds is 4. The molecule has 26 heavy (non-hydrogen) atoms. The van der Waals surface area contributed by atoms with E-state index >= 15 is 0 Å². The Morgan fingerprint density at radius 2 is 1.65 bits per heavy atom. The molecular formula is C20H17Cl3N2O. The predicted octanol–water partition coefficient (Wildman–Crippen LogP) is 5.69. The molecule has 6 heteroatoms. The van der Waals surface area contributed by atoms with Gasteiger partial charge in [-0.3, -0.25) is 4.79 Å². The Labute approximate surface area is 167 Å². The van der Waals surface area contributed by atoms with Gasteiger partial charge in [0.25, 0.3) is 5.91 Å². The molecule has 3 nitrogen and oxygen atoms in total. The average molecular weight is 408 g/mol. The first-order valence-corrected chi connectivity index (χ1v) is 9.16. The molecule has 3 aromatic rings. The average Bonchev–Trinajstić information content (AvgIpc) is 2.60. The smallest absolute Gasteiger partial charge is 0.252 e. The van der Waals surface area contributed by atoms with Gasteiger partial charge in [-0.15, -0.1) is 0 Å². The number of nitrogens with one attached hydrogen (secondary N) is 2. The van der Waals surface area contributed by atoms with Crippen molar-refractivity contribution in [1.29, 1.82) is 0 Å². The summed E-state index contributed by atoms with van der Waals surface area (Å²) >= 11 is 18.3. The van der Waals surface area contributed by atoms with Crippen LogP contribution in [-0.4, -0.2) is 15.9 Å². The number of hydrogen-bond acceptors (Lipinski definition) is 2. The lowest BCUT2D eigenvalue weighted by Crippen LogP contribution is -2.49. The van der Waals surface area contributed by atoms with E-state index in [0.717, 1.165) is 22.0 Å². The Balaban J connectivity index is 1.82. The molecule has 1 atom stereocenters. The largest absolute Gasteiger partial charge is 0.362 e. The molecule has 0 aliphatic rings. The van der Waals surface area contributed by atoms with E-state index < -0.39 is 9.96 Å². The number of carbonyl (C=O) groups is 1. The van der Waals surface area contributed by atoms with Crippen molar-refractivity contribution >= 4 is 57.2 Å². The van der Waals surface area contributed by atoms with Gasteiger partial charge in [0, 0.05) is 11.3 Å². The van der Waals surface area contributed by atoms with Crippen molar-refractivity contribution in [2.75, 3.05) is 5.32 Å². The quantitative estimate of drug-likeness (QED) is 0.431. The normalized spacial score (nSPS) is 12.6. The highest BCUT2D eigenvalue weighted by molar-refractivity contribution is 6.68. The second-order valence-electron chi connectivity index (χ2n) is 6.02. The van der Waals surface area contributed by atoms with Crippen molar-refractivity contribution in [2.24, 2.45) is 0 Å². The molecule has 3 rings (SSSR count). The van der Waals surface area contributed by atoms with Crippen molar-refractivity contribution in [1.82, 2.24) is 5.32 Å². The predicted molar refractivity (Wildman–Crippen MR) is 110 cm³/mol. The van der Waals surface area contributed by atoms with Crippen LogP contribution in [-0.2, 0) is 0 Å². The monoisotopic (exact) mass is 406 g/mol. The van der Waals surface area contributed by atoms with E-state index in [2.05, 4.69) is 10.6 Å². The first-order chi connectivity index (χ1) is 12.3. The highest BCUT2D eigenvalue weighted by Crippen LogP contribution is 2.32. The second kappa shape index (κ2) is 7.75. The lowest BCUT2D eigenvalue weighted by atomic mass is 10.1. The van der Waals surface area contributed by atoms with Crippen LogP contribution >= 0.6 is 34.8 Å². The molecule has 0 heterocycles. The van der Waals surface area contributed by atoms with Gasteiger partial charge in [0.05, 0.1) is 0 Å². The lowest BCUT2D eigenvalue weighted by molar-refractivity contribution is 0.0941. The standard InChI is InChI=1S/C20H17Cl3N2O/c1-13-5-4-8-16(11-13)18(26)25-19(20(21,22)23)24-17-10-9-14-6-2-3-7-15(14)12-17/h2-12,19,24H,1H3,(H,25,26)/t19-/m1/s1. The molecule has 0 radical (unpaired) electrons. The van der Waals surface area contributed by atoms with Crippen LogP contribution in [0, 0.1) is 6.92 Å². The van der Waals surface area contributed by atoms with Gasteiger partial charge in [-0.2, -0.15) is 0 Å². The summed E-state index contributed by atoms with van der Waals surface area (Å²) < 4.78 is -1.73. The maximum absolute atomic E-state index is 12.5. The van der Waals surface area contributed by atoms with Gasteiger partial charge in [0.1, 0.15) is 6.17 Å². The maximum Gasteiger partial charge on any atom is 0.252 e. The fourth-order valence-electron chi connectivity index (χ4n) is 2.65. The Morgan fingerprint density at radius 1 is 0.923 bits per heavy atom. The third kappa shape index (κ3) is 4.61. The van der Waals surface area contributed by atoms with Gasteiger partial charge in [-0.1, -0.05) is 82.8 Å². The van der Waals surface area contributed by atoms with Crippen molar-refractivity contribution in [3.8, 4) is 0 Å². The molecule has 0 aliphatic carbocycles. The van der Waals surface area contributed by atoms with E-state index in [-0.39, 0.29) is 5.91 Å². The second-order valence-corrected chi connectivity index (χ2v) is 8.39. The summed E-state index contributed by atoms with van der Waals surface area (Å²) in [5.41, 5.74) is 2.22. The third-order valence-electron chi connectivity index (χ3n) is 3.94. The zero-order chi connectivity index (χ0) is 18.7. The molecule has 134 valence electrons. The van der Waals surface area contributed by atoms with Crippen molar-refractivity contribution in [3.63, 3.8) is 0 Å². The highest BCUT2D eigenvalue weighted by atomic mass is 35.6. The number of aryl methyl sites for hydroxylation is 1.